The van der Waals surface area contributed by atoms with Crippen LogP contribution in [0.3, 0.4) is 0 Å². The van der Waals surface area contributed by atoms with Crippen LogP contribution in [-0.4, -0.2) is 30.8 Å². The number of aliphatic carboxylic acids is 1. The number of methoxy groups -OCH3 is 1. The second-order valence-corrected chi connectivity index (χ2v) is 4.67. The van der Waals surface area contributed by atoms with E-state index < -0.39 is 5.97 Å². The number of carbonyl (C=O) groups excluding carboxylic acids is 1. The van der Waals surface area contributed by atoms with Gasteiger partial charge in [0.1, 0.15) is 5.75 Å². The Morgan fingerprint density at radius 3 is 2.38 bits per heavy atom. The smallest absolute Gasteiger partial charge is 0.319 e. The molecule has 0 bridgehead atoms. The van der Waals surface area contributed by atoms with Gasteiger partial charge in [-0.3, -0.25) is 4.79 Å². The number of benzene rings is 1. The summed E-state index contributed by atoms with van der Waals surface area (Å²) in [5, 5.41) is 14.0. The average Bonchev–Trinajstić information content (AvgIpc) is 2.46. The minimum Gasteiger partial charge on any atom is -0.497 e. The fraction of sp³-hybridized carbons (Fsp3) is 0.467. The van der Waals surface area contributed by atoms with Crippen LogP contribution in [0.1, 0.15) is 32.1 Å². The lowest BCUT2D eigenvalue weighted by Crippen LogP contribution is -2.29. The number of rotatable bonds is 9. The number of anilines is 1. The van der Waals surface area contributed by atoms with Gasteiger partial charge in [-0.2, -0.15) is 0 Å². The largest absolute Gasteiger partial charge is 0.497 e. The summed E-state index contributed by atoms with van der Waals surface area (Å²) >= 11 is 0. The number of carbonyl (C=O) groups is 2. The lowest BCUT2D eigenvalue weighted by Gasteiger charge is -2.08. The van der Waals surface area contributed by atoms with Crippen molar-refractivity contribution in [1.29, 1.82) is 0 Å². The second-order valence-electron chi connectivity index (χ2n) is 4.67. The van der Waals surface area contributed by atoms with E-state index in [1.165, 1.54) is 0 Å². The highest BCUT2D eigenvalue weighted by Gasteiger charge is 2.01. The Bertz CT molecular complexity index is 445. The van der Waals surface area contributed by atoms with E-state index in [0.717, 1.165) is 25.0 Å². The molecule has 6 nitrogen and oxygen atoms in total. The lowest BCUT2D eigenvalue weighted by molar-refractivity contribution is -0.137. The van der Waals surface area contributed by atoms with Crippen LogP contribution in [0, 0.1) is 0 Å². The molecule has 0 aromatic heterocycles. The zero-order valence-electron chi connectivity index (χ0n) is 12.2. The zero-order chi connectivity index (χ0) is 15.5. The van der Waals surface area contributed by atoms with Crippen LogP contribution in [0.4, 0.5) is 10.5 Å². The number of unbranched alkanes of at least 4 members (excludes halogenated alkanes) is 3. The highest BCUT2D eigenvalue weighted by atomic mass is 16.5. The summed E-state index contributed by atoms with van der Waals surface area (Å²) < 4.78 is 5.04. The molecule has 0 saturated carbocycles. The molecule has 116 valence electrons. The summed E-state index contributed by atoms with van der Waals surface area (Å²) in [4.78, 5) is 21.9. The van der Waals surface area contributed by atoms with Crippen molar-refractivity contribution in [2.75, 3.05) is 19.0 Å². The van der Waals surface area contributed by atoms with Crippen LogP contribution in [0.25, 0.3) is 0 Å². The first-order chi connectivity index (χ1) is 10.1. The molecule has 0 atom stereocenters. The van der Waals surface area contributed by atoms with E-state index in [9.17, 15) is 9.59 Å². The Hall–Kier alpha value is -2.24. The van der Waals surface area contributed by atoms with Crippen molar-refractivity contribution < 1.29 is 19.4 Å². The fourth-order valence-electron chi connectivity index (χ4n) is 1.81. The lowest BCUT2D eigenvalue weighted by atomic mass is 10.1. The standard InChI is InChI=1S/C15H22N2O4/c1-21-13-9-7-12(8-10-13)17-15(20)16-11-5-3-2-4-6-14(18)19/h7-10H,2-6,11H2,1H3,(H,18,19)(H2,16,17,20). The summed E-state index contributed by atoms with van der Waals surface area (Å²) in [5.74, 6) is -0.0192. The first-order valence-electron chi connectivity index (χ1n) is 7.02. The highest BCUT2D eigenvalue weighted by molar-refractivity contribution is 5.89. The molecule has 6 heteroatoms. The Morgan fingerprint density at radius 1 is 1.10 bits per heavy atom. The highest BCUT2D eigenvalue weighted by Crippen LogP contribution is 2.14. The van der Waals surface area contributed by atoms with Crippen molar-refractivity contribution in [3.05, 3.63) is 24.3 Å². The molecule has 0 radical (unpaired) electrons. The minimum atomic E-state index is -0.757. The molecule has 1 aromatic carbocycles. The SMILES string of the molecule is COc1ccc(NC(=O)NCCCCCCC(=O)O)cc1. The monoisotopic (exact) mass is 294 g/mol. The van der Waals surface area contributed by atoms with E-state index >= 15 is 0 Å². The van der Waals surface area contributed by atoms with E-state index in [4.69, 9.17) is 9.84 Å². The van der Waals surface area contributed by atoms with Gasteiger partial charge in [-0.25, -0.2) is 4.79 Å². The van der Waals surface area contributed by atoms with Crippen LogP contribution in [-0.2, 0) is 4.79 Å². The van der Waals surface area contributed by atoms with Gasteiger partial charge in [0.25, 0.3) is 0 Å². The van der Waals surface area contributed by atoms with Gasteiger partial charge in [0.15, 0.2) is 0 Å². The Morgan fingerprint density at radius 2 is 1.76 bits per heavy atom. The second kappa shape index (κ2) is 9.63. The molecule has 21 heavy (non-hydrogen) atoms. The Kier molecular flexibility index (Phi) is 7.71. The van der Waals surface area contributed by atoms with Gasteiger partial charge in [0.2, 0.25) is 0 Å². The van der Waals surface area contributed by atoms with Gasteiger partial charge in [0.05, 0.1) is 7.11 Å². The molecule has 1 aromatic rings. The zero-order valence-corrected chi connectivity index (χ0v) is 12.2. The molecule has 3 N–H and O–H groups in total. The van der Waals surface area contributed by atoms with Gasteiger partial charge in [-0.05, 0) is 37.1 Å². The molecular formula is C15H22N2O4. The number of ether oxygens (including phenoxy) is 1. The molecule has 0 unspecified atom stereocenters. The van der Waals surface area contributed by atoms with E-state index in [2.05, 4.69) is 10.6 Å². The van der Waals surface area contributed by atoms with E-state index in [1.54, 1.807) is 31.4 Å². The number of amides is 2. The number of carboxylic acid groups (broad SMARTS) is 1. The van der Waals surface area contributed by atoms with Crippen molar-refractivity contribution in [2.45, 2.75) is 32.1 Å². The van der Waals surface area contributed by atoms with Gasteiger partial charge in [-0.15, -0.1) is 0 Å². The number of urea groups is 1. The van der Waals surface area contributed by atoms with Crippen LogP contribution in [0.2, 0.25) is 0 Å². The maximum Gasteiger partial charge on any atom is 0.319 e. The van der Waals surface area contributed by atoms with Gasteiger partial charge < -0.3 is 20.5 Å². The molecule has 1 rings (SSSR count). The maximum absolute atomic E-state index is 11.6. The third kappa shape index (κ3) is 7.81. The van der Waals surface area contributed by atoms with Crippen molar-refractivity contribution >= 4 is 17.7 Å². The molecule has 0 aliphatic heterocycles. The van der Waals surface area contributed by atoms with Crippen LogP contribution < -0.4 is 15.4 Å². The average molecular weight is 294 g/mol. The van der Waals surface area contributed by atoms with Crippen molar-refractivity contribution in [3.8, 4) is 5.75 Å². The summed E-state index contributed by atoms with van der Waals surface area (Å²) in [7, 11) is 1.59. The van der Waals surface area contributed by atoms with Crippen molar-refractivity contribution in [1.82, 2.24) is 5.32 Å². The molecule has 0 aliphatic carbocycles. The summed E-state index contributed by atoms with van der Waals surface area (Å²) in [6.07, 6.45) is 3.53. The fourth-order valence-corrected chi connectivity index (χ4v) is 1.81. The molecule has 0 heterocycles. The number of carboxylic acids is 1. The summed E-state index contributed by atoms with van der Waals surface area (Å²) in [5.41, 5.74) is 0.703. The quantitative estimate of drug-likeness (QED) is 0.611. The Balaban J connectivity index is 2.09. The molecule has 0 saturated heterocycles. The maximum atomic E-state index is 11.6. The molecule has 0 fully saturated rings. The van der Waals surface area contributed by atoms with Crippen LogP contribution in [0.15, 0.2) is 24.3 Å². The van der Waals surface area contributed by atoms with Crippen molar-refractivity contribution in [2.24, 2.45) is 0 Å². The number of hydrogen-bond donors (Lipinski definition) is 3. The van der Waals surface area contributed by atoms with Gasteiger partial charge in [0, 0.05) is 18.7 Å². The van der Waals surface area contributed by atoms with Crippen LogP contribution in [0.5, 0.6) is 5.75 Å². The third-order valence-corrected chi connectivity index (χ3v) is 2.95. The van der Waals surface area contributed by atoms with E-state index in [1.807, 2.05) is 0 Å². The van der Waals surface area contributed by atoms with E-state index in [-0.39, 0.29) is 12.5 Å². The Labute approximate surface area is 124 Å². The topological polar surface area (TPSA) is 87.7 Å². The molecule has 0 aliphatic rings. The molecule has 2 amide bonds. The molecular weight excluding hydrogens is 272 g/mol. The minimum absolute atomic E-state index is 0.214. The number of hydrogen-bond acceptors (Lipinski definition) is 3. The first kappa shape index (κ1) is 16.8. The summed E-state index contributed by atoms with van der Waals surface area (Å²) in [6.45, 7) is 0.578. The first-order valence-corrected chi connectivity index (χ1v) is 7.02. The number of nitrogens with one attached hydrogen (secondary N) is 2. The van der Waals surface area contributed by atoms with Crippen molar-refractivity contribution in [3.63, 3.8) is 0 Å². The van der Waals surface area contributed by atoms with Gasteiger partial charge >= 0.3 is 12.0 Å². The van der Waals surface area contributed by atoms with E-state index in [0.29, 0.717) is 18.7 Å². The van der Waals surface area contributed by atoms with Crippen LogP contribution >= 0.6 is 0 Å². The normalized spacial score (nSPS) is 9.95. The van der Waals surface area contributed by atoms with Gasteiger partial charge in [-0.1, -0.05) is 12.8 Å². The summed E-state index contributed by atoms with van der Waals surface area (Å²) in [6, 6.07) is 6.84. The third-order valence-electron chi connectivity index (χ3n) is 2.95. The predicted octanol–water partition coefficient (Wildman–Crippen LogP) is 2.85. The molecule has 0 spiro atoms. The predicted molar refractivity (Wildman–Crippen MR) is 80.7 cm³/mol.